The van der Waals surface area contributed by atoms with E-state index in [0.717, 1.165) is 19.4 Å². The molecule has 12 heavy (non-hydrogen) atoms. The van der Waals surface area contributed by atoms with Crippen LogP contribution >= 0.6 is 0 Å². The summed E-state index contributed by atoms with van der Waals surface area (Å²) in [5.41, 5.74) is 5.65. The van der Waals surface area contributed by atoms with Crippen LogP contribution in [0.1, 0.15) is 32.1 Å². The first-order valence-electron chi connectivity index (χ1n) is 4.90. The SMILES string of the molecule is NCC1CC2CCCC(C1)S2=O. The summed E-state index contributed by atoms with van der Waals surface area (Å²) in [6.07, 6.45) is 5.90. The highest BCUT2D eigenvalue weighted by atomic mass is 32.2. The monoisotopic (exact) mass is 187 g/mol. The van der Waals surface area contributed by atoms with Crippen molar-refractivity contribution in [2.24, 2.45) is 11.7 Å². The van der Waals surface area contributed by atoms with Gasteiger partial charge in [-0.1, -0.05) is 6.42 Å². The molecule has 0 saturated carbocycles. The first kappa shape index (κ1) is 8.70. The Hall–Kier alpha value is 0.110. The van der Waals surface area contributed by atoms with Gasteiger partial charge in [-0.05, 0) is 38.1 Å². The highest BCUT2D eigenvalue weighted by Crippen LogP contribution is 2.36. The van der Waals surface area contributed by atoms with Crippen LogP contribution in [0.4, 0.5) is 0 Å². The number of hydrogen-bond acceptors (Lipinski definition) is 2. The van der Waals surface area contributed by atoms with Gasteiger partial charge in [0.05, 0.1) is 0 Å². The Morgan fingerprint density at radius 2 is 1.83 bits per heavy atom. The summed E-state index contributed by atoms with van der Waals surface area (Å²) in [5.74, 6) is 0.665. The van der Waals surface area contributed by atoms with Crippen molar-refractivity contribution in [3.63, 3.8) is 0 Å². The van der Waals surface area contributed by atoms with Gasteiger partial charge in [-0.3, -0.25) is 4.21 Å². The van der Waals surface area contributed by atoms with Crippen molar-refractivity contribution in [2.45, 2.75) is 42.6 Å². The van der Waals surface area contributed by atoms with Crippen LogP contribution in [0, 0.1) is 5.92 Å². The number of fused-ring (bicyclic) bond motifs is 2. The maximum absolute atomic E-state index is 11.7. The molecule has 0 aromatic carbocycles. The highest BCUT2D eigenvalue weighted by Gasteiger charge is 2.37. The van der Waals surface area contributed by atoms with Gasteiger partial charge in [0.2, 0.25) is 0 Å². The predicted molar refractivity (Wildman–Crippen MR) is 51.3 cm³/mol. The lowest BCUT2D eigenvalue weighted by Crippen LogP contribution is -2.41. The first-order chi connectivity index (χ1) is 5.81. The molecule has 2 unspecified atom stereocenters. The predicted octanol–water partition coefficient (Wildman–Crippen LogP) is 1.02. The van der Waals surface area contributed by atoms with E-state index in [1.165, 1.54) is 19.3 Å². The molecule has 2 fully saturated rings. The summed E-state index contributed by atoms with van der Waals surface area (Å²) in [6, 6.07) is 0. The van der Waals surface area contributed by atoms with Gasteiger partial charge < -0.3 is 5.73 Å². The number of hydrogen-bond donors (Lipinski definition) is 1. The summed E-state index contributed by atoms with van der Waals surface area (Å²) in [4.78, 5) is 0. The third kappa shape index (κ3) is 1.44. The first-order valence-corrected chi connectivity index (χ1v) is 6.18. The van der Waals surface area contributed by atoms with Crippen LogP contribution in [0.25, 0.3) is 0 Å². The molecule has 0 amide bonds. The van der Waals surface area contributed by atoms with Crippen LogP contribution in [0.3, 0.4) is 0 Å². The zero-order valence-electron chi connectivity index (χ0n) is 7.37. The van der Waals surface area contributed by atoms with Crippen molar-refractivity contribution in [1.82, 2.24) is 0 Å². The molecule has 0 radical (unpaired) electrons. The van der Waals surface area contributed by atoms with Crippen molar-refractivity contribution in [3.8, 4) is 0 Å². The third-order valence-electron chi connectivity index (χ3n) is 3.24. The lowest BCUT2D eigenvalue weighted by atomic mass is 9.90. The van der Waals surface area contributed by atoms with Crippen molar-refractivity contribution < 1.29 is 4.21 Å². The molecule has 2 atom stereocenters. The van der Waals surface area contributed by atoms with Crippen molar-refractivity contribution in [1.29, 1.82) is 0 Å². The molecule has 0 aromatic heterocycles. The van der Waals surface area contributed by atoms with E-state index in [9.17, 15) is 4.21 Å². The third-order valence-corrected chi connectivity index (χ3v) is 5.41. The summed E-state index contributed by atoms with van der Waals surface area (Å²) < 4.78 is 11.7. The normalized spacial score (nSPS) is 47.4. The molecule has 70 valence electrons. The Morgan fingerprint density at radius 3 is 2.33 bits per heavy atom. The second-order valence-electron chi connectivity index (χ2n) is 4.08. The van der Waals surface area contributed by atoms with E-state index in [2.05, 4.69) is 0 Å². The number of nitrogens with two attached hydrogens (primary N) is 1. The smallest absolute Gasteiger partial charge is 0.0354 e. The van der Waals surface area contributed by atoms with E-state index in [1.54, 1.807) is 0 Å². The molecule has 2 aliphatic rings. The van der Waals surface area contributed by atoms with Crippen LogP contribution in [0.15, 0.2) is 0 Å². The zero-order chi connectivity index (χ0) is 8.55. The maximum Gasteiger partial charge on any atom is 0.0354 e. The molecular formula is C9H17NOS. The molecule has 2 aliphatic heterocycles. The highest BCUT2D eigenvalue weighted by molar-refractivity contribution is 7.86. The van der Waals surface area contributed by atoms with Crippen molar-refractivity contribution in [2.75, 3.05) is 6.54 Å². The molecule has 2 heterocycles. The fraction of sp³-hybridized carbons (Fsp3) is 1.00. The summed E-state index contributed by atoms with van der Waals surface area (Å²) in [7, 11) is -0.514. The topological polar surface area (TPSA) is 43.1 Å². The van der Waals surface area contributed by atoms with Gasteiger partial charge in [0.15, 0.2) is 0 Å². The van der Waals surface area contributed by atoms with Crippen LogP contribution in [0.5, 0.6) is 0 Å². The fourth-order valence-electron chi connectivity index (χ4n) is 2.54. The lowest BCUT2D eigenvalue weighted by Gasteiger charge is -2.37. The van der Waals surface area contributed by atoms with Crippen LogP contribution in [-0.4, -0.2) is 21.3 Å². The van der Waals surface area contributed by atoms with Gasteiger partial charge in [-0.15, -0.1) is 0 Å². The maximum atomic E-state index is 11.7. The molecule has 2 saturated heterocycles. The van der Waals surface area contributed by atoms with E-state index in [-0.39, 0.29) is 0 Å². The molecule has 2 nitrogen and oxygen atoms in total. The van der Waals surface area contributed by atoms with Gasteiger partial charge in [-0.2, -0.15) is 0 Å². The molecule has 2 bridgehead atoms. The lowest BCUT2D eigenvalue weighted by molar-refractivity contribution is 0.364. The van der Waals surface area contributed by atoms with E-state index in [4.69, 9.17) is 5.73 Å². The largest absolute Gasteiger partial charge is 0.330 e. The Labute approximate surface area is 76.4 Å². The van der Waals surface area contributed by atoms with Gasteiger partial charge in [-0.25, -0.2) is 0 Å². The van der Waals surface area contributed by atoms with E-state index >= 15 is 0 Å². The summed E-state index contributed by atoms with van der Waals surface area (Å²) in [6.45, 7) is 0.796. The fourth-order valence-corrected chi connectivity index (χ4v) is 4.80. The average molecular weight is 187 g/mol. The standard InChI is InChI=1S/C9H17NOS/c10-6-7-4-8-2-1-3-9(5-7)12(8)11/h7-9H,1-6,10H2. The average Bonchev–Trinajstić information content (AvgIpc) is 2.04. The minimum atomic E-state index is -0.514. The summed E-state index contributed by atoms with van der Waals surface area (Å²) in [5, 5.41) is 0.983. The van der Waals surface area contributed by atoms with E-state index in [1.807, 2.05) is 0 Å². The quantitative estimate of drug-likeness (QED) is 0.666. The van der Waals surface area contributed by atoms with E-state index < -0.39 is 10.8 Å². The Bertz CT molecular complexity index is 179. The molecule has 0 aliphatic carbocycles. The molecular weight excluding hydrogens is 170 g/mol. The van der Waals surface area contributed by atoms with Gasteiger partial charge in [0, 0.05) is 21.3 Å². The minimum absolute atomic E-state index is 0.492. The van der Waals surface area contributed by atoms with Crippen molar-refractivity contribution in [3.05, 3.63) is 0 Å². The molecule has 2 N–H and O–H groups in total. The van der Waals surface area contributed by atoms with Crippen LogP contribution in [0.2, 0.25) is 0 Å². The molecule has 3 heteroatoms. The minimum Gasteiger partial charge on any atom is -0.330 e. The van der Waals surface area contributed by atoms with Gasteiger partial charge >= 0.3 is 0 Å². The second-order valence-corrected chi connectivity index (χ2v) is 6.07. The second kappa shape index (κ2) is 3.46. The van der Waals surface area contributed by atoms with Gasteiger partial charge in [0.1, 0.15) is 0 Å². The van der Waals surface area contributed by atoms with Crippen molar-refractivity contribution >= 4 is 10.8 Å². The summed E-state index contributed by atoms with van der Waals surface area (Å²) >= 11 is 0. The molecule has 0 aromatic rings. The Kier molecular flexibility index (Phi) is 2.51. The molecule has 0 spiro atoms. The van der Waals surface area contributed by atoms with E-state index in [0.29, 0.717) is 16.4 Å². The Morgan fingerprint density at radius 1 is 1.25 bits per heavy atom. The van der Waals surface area contributed by atoms with Gasteiger partial charge in [0.25, 0.3) is 0 Å². The number of rotatable bonds is 1. The zero-order valence-corrected chi connectivity index (χ0v) is 8.19. The van der Waals surface area contributed by atoms with Crippen LogP contribution in [-0.2, 0) is 10.8 Å². The molecule has 2 rings (SSSR count). The Balaban J connectivity index is 2.07. The van der Waals surface area contributed by atoms with Crippen LogP contribution < -0.4 is 5.73 Å².